The molecule has 0 amide bonds. The third-order valence-corrected chi connectivity index (χ3v) is 0.601. The molecule has 0 aliphatic heterocycles. The molecule has 1 unspecified atom stereocenters. The van der Waals surface area contributed by atoms with E-state index in [9.17, 15) is 0 Å². The van der Waals surface area contributed by atoms with Gasteiger partial charge >= 0.3 is 0 Å². The molecule has 0 aliphatic rings. The van der Waals surface area contributed by atoms with Crippen molar-refractivity contribution in [1.29, 1.82) is 5.41 Å². The first kappa shape index (κ1) is 7.39. The summed E-state index contributed by atoms with van der Waals surface area (Å²) in [5.41, 5.74) is 0. The van der Waals surface area contributed by atoms with Gasteiger partial charge in [0.1, 0.15) is 0 Å². The smallest absolute Gasteiger partial charge is 0.200 e. The van der Waals surface area contributed by atoms with Crippen molar-refractivity contribution < 1.29 is 14.9 Å². The minimum Gasteiger partial charge on any atom is -0.455 e. The lowest BCUT2D eigenvalue weighted by Crippen LogP contribution is -2.11. The van der Waals surface area contributed by atoms with Gasteiger partial charge in [-0.1, -0.05) is 0 Å². The monoisotopic (exact) mass is 119 g/mol. The van der Waals surface area contributed by atoms with Crippen molar-refractivity contribution in [3.05, 3.63) is 0 Å². The van der Waals surface area contributed by atoms with Gasteiger partial charge in [-0.05, 0) is 0 Å². The largest absolute Gasteiger partial charge is 0.455 e. The van der Waals surface area contributed by atoms with E-state index in [0.29, 0.717) is 6.40 Å². The highest BCUT2D eigenvalue weighted by atomic mass is 16.6. The van der Waals surface area contributed by atoms with Crippen LogP contribution in [0.3, 0.4) is 0 Å². The first-order valence-electron chi connectivity index (χ1n) is 2.24. The Morgan fingerprint density at radius 2 is 2.38 bits per heavy atom. The van der Waals surface area contributed by atoms with Crippen LogP contribution in [-0.4, -0.2) is 29.5 Å². The molecule has 0 bridgehead atoms. The fourth-order valence-corrected chi connectivity index (χ4v) is 0.257. The van der Waals surface area contributed by atoms with Crippen LogP contribution in [0.4, 0.5) is 0 Å². The molecule has 4 nitrogen and oxygen atoms in total. The van der Waals surface area contributed by atoms with Crippen LogP contribution in [0.1, 0.15) is 6.42 Å². The van der Waals surface area contributed by atoms with Crippen molar-refractivity contribution in [2.45, 2.75) is 12.7 Å². The van der Waals surface area contributed by atoms with Crippen molar-refractivity contribution in [3.63, 3.8) is 0 Å². The highest BCUT2D eigenvalue weighted by molar-refractivity contribution is 5.41. The van der Waals surface area contributed by atoms with Gasteiger partial charge < -0.3 is 14.9 Å². The van der Waals surface area contributed by atoms with E-state index in [1.165, 1.54) is 0 Å². The van der Waals surface area contributed by atoms with Gasteiger partial charge in [0, 0.05) is 13.0 Å². The van der Waals surface area contributed by atoms with E-state index in [2.05, 4.69) is 4.74 Å². The Kier molecular flexibility index (Phi) is 4.20. The number of aliphatic hydroxyl groups excluding tert-OH is 2. The molecule has 0 radical (unpaired) electrons. The van der Waals surface area contributed by atoms with Gasteiger partial charge in [-0.15, -0.1) is 0 Å². The first-order valence-corrected chi connectivity index (χ1v) is 2.24. The highest BCUT2D eigenvalue weighted by Crippen LogP contribution is 1.88. The highest BCUT2D eigenvalue weighted by Gasteiger charge is 1.98. The van der Waals surface area contributed by atoms with Crippen LogP contribution in [0.5, 0.6) is 0 Å². The van der Waals surface area contributed by atoms with E-state index in [4.69, 9.17) is 15.6 Å². The average molecular weight is 119 g/mol. The summed E-state index contributed by atoms with van der Waals surface area (Å²) in [6.45, 7) is -0.130. The van der Waals surface area contributed by atoms with Crippen LogP contribution in [0.25, 0.3) is 0 Å². The number of ether oxygens (including phenoxy) is 1. The van der Waals surface area contributed by atoms with E-state index >= 15 is 0 Å². The number of hydrogen-bond donors (Lipinski definition) is 3. The van der Waals surface area contributed by atoms with Gasteiger partial charge in [-0.2, -0.15) is 0 Å². The second-order valence-electron chi connectivity index (χ2n) is 1.22. The molecule has 3 N–H and O–H groups in total. The van der Waals surface area contributed by atoms with E-state index in [0.717, 1.165) is 0 Å². The molecule has 0 aromatic heterocycles. The van der Waals surface area contributed by atoms with Crippen LogP contribution in [0.15, 0.2) is 0 Å². The topological polar surface area (TPSA) is 73.5 Å². The normalized spacial score (nSPS) is 12.8. The van der Waals surface area contributed by atoms with E-state index in [1.54, 1.807) is 0 Å². The molecule has 0 fully saturated rings. The molecule has 4 heteroatoms. The number of aliphatic hydroxyl groups is 2. The average Bonchev–Trinajstić information content (AvgIpc) is 1.68. The van der Waals surface area contributed by atoms with E-state index in [1.807, 2.05) is 0 Å². The van der Waals surface area contributed by atoms with Crippen molar-refractivity contribution in [3.8, 4) is 0 Å². The molecule has 48 valence electrons. The molecule has 0 saturated heterocycles. The lowest BCUT2D eigenvalue weighted by molar-refractivity contribution is -0.0379. The Labute approximate surface area is 47.2 Å². The predicted octanol–water partition coefficient (Wildman–Crippen LogP) is -0.689. The SMILES string of the molecule is N=COC(O)CCO. The third kappa shape index (κ3) is 3.58. The summed E-state index contributed by atoms with van der Waals surface area (Å²) < 4.78 is 4.22. The fourth-order valence-electron chi connectivity index (χ4n) is 0.257. The number of rotatable bonds is 4. The fraction of sp³-hybridized carbons (Fsp3) is 0.750. The van der Waals surface area contributed by atoms with Crippen LogP contribution in [0.2, 0.25) is 0 Å². The van der Waals surface area contributed by atoms with Gasteiger partial charge in [0.25, 0.3) is 0 Å². The first-order chi connectivity index (χ1) is 3.81. The molecule has 0 saturated carbocycles. The minimum atomic E-state index is -1.03. The molecule has 0 aliphatic carbocycles. The standard InChI is InChI=1S/C4H9NO3/c5-3-8-4(7)1-2-6/h3-7H,1-2H2. The summed E-state index contributed by atoms with van der Waals surface area (Å²) in [5.74, 6) is 0. The van der Waals surface area contributed by atoms with Crippen LogP contribution in [0, 0.1) is 5.41 Å². The molecular weight excluding hydrogens is 110 g/mol. The van der Waals surface area contributed by atoms with E-state index < -0.39 is 6.29 Å². The van der Waals surface area contributed by atoms with Crippen molar-refractivity contribution >= 4 is 6.40 Å². The number of nitrogens with one attached hydrogen (secondary N) is 1. The zero-order valence-electron chi connectivity index (χ0n) is 4.37. The van der Waals surface area contributed by atoms with Gasteiger partial charge in [0.05, 0.1) is 0 Å². The molecule has 0 rings (SSSR count). The molecule has 0 heterocycles. The van der Waals surface area contributed by atoms with Crippen LogP contribution >= 0.6 is 0 Å². The maximum absolute atomic E-state index is 8.52. The van der Waals surface area contributed by atoms with Gasteiger partial charge in [-0.25, -0.2) is 0 Å². The van der Waals surface area contributed by atoms with Gasteiger partial charge in [-0.3, -0.25) is 5.41 Å². The molecule has 0 aromatic carbocycles. The summed E-state index contributed by atoms with van der Waals surface area (Å²) in [6, 6.07) is 0. The van der Waals surface area contributed by atoms with Crippen LogP contribution < -0.4 is 0 Å². The Morgan fingerprint density at radius 1 is 1.75 bits per heavy atom. The summed E-state index contributed by atoms with van der Waals surface area (Å²) >= 11 is 0. The zero-order chi connectivity index (χ0) is 6.41. The van der Waals surface area contributed by atoms with Gasteiger partial charge in [0.15, 0.2) is 6.40 Å². The zero-order valence-corrected chi connectivity index (χ0v) is 4.37. The molecule has 0 spiro atoms. The van der Waals surface area contributed by atoms with Gasteiger partial charge in [0.2, 0.25) is 6.29 Å². The second-order valence-corrected chi connectivity index (χ2v) is 1.22. The summed E-state index contributed by atoms with van der Waals surface area (Å²) in [7, 11) is 0. The predicted molar refractivity (Wildman–Crippen MR) is 27.6 cm³/mol. The molecule has 1 atom stereocenters. The quantitative estimate of drug-likeness (QED) is 0.260. The van der Waals surface area contributed by atoms with Crippen molar-refractivity contribution in [2.24, 2.45) is 0 Å². The Morgan fingerprint density at radius 3 is 2.75 bits per heavy atom. The minimum absolute atomic E-state index is 0.130. The lowest BCUT2D eigenvalue weighted by atomic mass is 10.4. The third-order valence-electron chi connectivity index (χ3n) is 0.601. The van der Waals surface area contributed by atoms with Crippen molar-refractivity contribution in [1.82, 2.24) is 0 Å². The number of hydrogen-bond acceptors (Lipinski definition) is 4. The van der Waals surface area contributed by atoms with Crippen molar-refractivity contribution in [2.75, 3.05) is 6.61 Å². The molecule has 8 heavy (non-hydrogen) atoms. The summed E-state index contributed by atoms with van der Waals surface area (Å²) in [5, 5.41) is 23.0. The Hall–Kier alpha value is -0.610. The maximum atomic E-state index is 8.52. The van der Waals surface area contributed by atoms with Crippen LogP contribution in [-0.2, 0) is 4.74 Å². The molecule has 0 aromatic rings. The van der Waals surface area contributed by atoms with E-state index in [-0.39, 0.29) is 13.0 Å². The molecular formula is C4H9NO3. The lowest BCUT2D eigenvalue weighted by Gasteiger charge is -2.04. The second kappa shape index (κ2) is 4.55. The summed E-state index contributed by atoms with van der Waals surface area (Å²) in [4.78, 5) is 0. The summed E-state index contributed by atoms with van der Waals surface area (Å²) in [6.07, 6.45) is -0.243. The maximum Gasteiger partial charge on any atom is 0.200 e. The Balaban J connectivity index is 3.03. The Bertz CT molecular complexity index is 66.3.